The first-order valence-corrected chi connectivity index (χ1v) is 5.21. The van der Waals surface area contributed by atoms with Crippen LogP contribution in [0.15, 0.2) is 22.8 Å². The van der Waals surface area contributed by atoms with E-state index in [1.165, 1.54) is 6.92 Å². The molecule has 1 aromatic heterocycles. The van der Waals surface area contributed by atoms with E-state index in [-0.39, 0.29) is 5.97 Å². The van der Waals surface area contributed by atoms with E-state index in [0.29, 0.717) is 6.61 Å². The maximum absolute atomic E-state index is 10.5. The monoisotopic (exact) mass is 257 g/mol. The van der Waals surface area contributed by atoms with Crippen LogP contribution in [0.5, 0.6) is 0 Å². The summed E-state index contributed by atoms with van der Waals surface area (Å²) in [5.74, 6) is -0.228. The smallest absolute Gasteiger partial charge is 0.302 e. The largest absolute Gasteiger partial charge is 0.466 e. The van der Waals surface area contributed by atoms with Gasteiger partial charge in [-0.05, 0) is 40.9 Å². The predicted octanol–water partition coefficient (Wildman–Crippen LogP) is 2.34. The number of carbonyl (C=O) groups excluding carboxylic acids is 1. The van der Waals surface area contributed by atoms with Crippen molar-refractivity contribution < 1.29 is 9.53 Å². The van der Waals surface area contributed by atoms with Crippen molar-refractivity contribution in [3.63, 3.8) is 0 Å². The summed E-state index contributed by atoms with van der Waals surface area (Å²) in [7, 11) is 0. The predicted molar refractivity (Wildman–Crippen MR) is 56.9 cm³/mol. The maximum Gasteiger partial charge on any atom is 0.302 e. The number of hydrogen-bond donors (Lipinski definition) is 0. The first kappa shape index (κ1) is 11.2. The summed E-state index contributed by atoms with van der Waals surface area (Å²) in [6.07, 6.45) is 3.41. The van der Waals surface area contributed by atoms with Crippen LogP contribution < -0.4 is 0 Å². The average molecular weight is 258 g/mol. The van der Waals surface area contributed by atoms with E-state index in [4.69, 9.17) is 4.74 Å². The van der Waals surface area contributed by atoms with Crippen LogP contribution in [-0.2, 0) is 16.0 Å². The molecule has 0 radical (unpaired) electrons. The van der Waals surface area contributed by atoms with Gasteiger partial charge in [0.2, 0.25) is 0 Å². The zero-order valence-corrected chi connectivity index (χ0v) is 9.58. The molecule has 76 valence electrons. The molecule has 0 aliphatic carbocycles. The second-order valence-electron chi connectivity index (χ2n) is 2.91. The highest BCUT2D eigenvalue weighted by atomic mass is 79.9. The number of aromatic nitrogens is 1. The third kappa shape index (κ3) is 4.37. The van der Waals surface area contributed by atoms with Gasteiger partial charge in [-0.15, -0.1) is 0 Å². The van der Waals surface area contributed by atoms with E-state index < -0.39 is 0 Å². The number of aryl methyl sites for hydroxylation is 1. The second-order valence-corrected chi connectivity index (χ2v) is 3.83. The second kappa shape index (κ2) is 5.75. The molecule has 0 amide bonds. The zero-order valence-electron chi connectivity index (χ0n) is 8.00. The highest BCUT2D eigenvalue weighted by molar-refractivity contribution is 9.10. The van der Waals surface area contributed by atoms with Crippen LogP contribution in [0.3, 0.4) is 0 Å². The average Bonchev–Trinajstić information content (AvgIpc) is 2.15. The number of halogens is 1. The zero-order chi connectivity index (χ0) is 10.4. The van der Waals surface area contributed by atoms with Crippen molar-refractivity contribution in [2.75, 3.05) is 6.61 Å². The summed E-state index contributed by atoms with van der Waals surface area (Å²) in [4.78, 5) is 14.7. The summed E-state index contributed by atoms with van der Waals surface area (Å²) in [5.41, 5.74) is 1.01. The summed E-state index contributed by atoms with van der Waals surface area (Å²) in [6, 6.07) is 3.91. The molecule has 0 bridgehead atoms. The third-order valence-electron chi connectivity index (χ3n) is 1.67. The fourth-order valence-electron chi connectivity index (χ4n) is 1.02. The molecule has 0 unspecified atom stereocenters. The van der Waals surface area contributed by atoms with Crippen LogP contribution in [0.2, 0.25) is 0 Å². The Morgan fingerprint density at radius 1 is 1.57 bits per heavy atom. The minimum Gasteiger partial charge on any atom is -0.466 e. The Kier molecular flexibility index (Phi) is 4.59. The number of esters is 1. The van der Waals surface area contributed by atoms with Crippen LogP contribution in [0, 0.1) is 0 Å². The lowest BCUT2D eigenvalue weighted by molar-refractivity contribution is -0.141. The Morgan fingerprint density at radius 2 is 2.36 bits per heavy atom. The molecule has 0 aliphatic heterocycles. The van der Waals surface area contributed by atoms with Crippen LogP contribution >= 0.6 is 15.9 Å². The lowest BCUT2D eigenvalue weighted by atomic mass is 10.2. The number of rotatable bonds is 4. The lowest BCUT2D eigenvalue weighted by Crippen LogP contribution is -2.02. The van der Waals surface area contributed by atoms with E-state index in [1.807, 2.05) is 12.1 Å². The molecule has 1 heterocycles. The first-order valence-electron chi connectivity index (χ1n) is 4.42. The quantitative estimate of drug-likeness (QED) is 0.614. The standard InChI is InChI=1S/C10H12BrNO2/c1-8(13)14-6-2-3-10-5-4-9(11)7-12-10/h4-5,7H,2-3,6H2,1H3. The fraction of sp³-hybridized carbons (Fsp3) is 0.400. The van der Waals surface area contributed by atoms with Crippen LogP contribution in [-0.4, -0.2) is 17.6 Å². The summed E-state index contributed by atoms with van der Waals surface area (Å²) in [6.45, 7) is 1.88. The normalized spacial score (nSPS) is 9.86. The number of hydrogen-bond acceptors (Lipinski definition) is 3. The van der Waals surface area contributed by atoms with E-state index in [2.05, 4.69) is 20.9 Å². The third-order valence-corrected chi connectivity index (χ3v) is 2.14. The molecule has 3 nitrogen and oxygen atoms in total. The van der Waals surface area contributed by atoms with Crippen molar-refractivity contribution in [1.29, 1.82) is 0 Å². The van der Waals surface area contributed by atoms with Crippen LogP contribution in [0.1, 0.15) is 19.0 Å². The fourth-order valence-corrected chi connectivity index (χ4v) is 1.26. The van der Waals surface area contributed by atoms with E-state index >= 15 is 0 Å². The van der Waals surface area contributed by atoms with E-state index in [1.54, 1.807) is 6.20 Å². The molecule has 0 atom stereocenters. The van der Waals surface area contributed by atoms with Crippen LogP contribution in [0.4, 0.5) is 0 Å². The van der Waals surface area contributed by atoms with E-state index in [0.717, 1.165) is 23.0 Å². The van der Waals surface area contributed by atoms with Crippen molar-refractivity contribution in [2.45, 2.75) is 19.8 Å². The molecule has 0 aliphatic rings. The van der Waals surface area contributed by atoms with Gasteiger partial charge in [0.1, 0.15) is 0 Å². The van der Waals surface area contributed by atoms with Crippen molar-refractivity contribution in [1.82, 2.24) is 4.98 Å². The summed E-state index contributed by atoms with van der Waals surface area (Å²) >= 11 is 3.31. The Balaban J connectivity index is 2.25. The van der Waals surface area contributed by atoms with E-state index in [9.17, 15) is 4.79 Å². The first-order chi connectivity index (χ1) is 6.68. The number of carbonyl (C=O) groups is 1. The van der Waals surface area contributed by atoms with Gasteiger partial charge in [0.25, 0.3) is 0 Å². The summed E-state index contributed by atoms with van der Waals surface area (Å²) in [5, 5.41) is 0. The minimum absolute atomic E-state index is 0.228. The molecule has 0 saturated carbocycles. The molecule has 1 aromatic rings. The molecule has 0 aromatic carbocycles. The van der Waals surface area contributed by atoms with Crippen molar-refractivity contribution in [3.8, 4) is 0 Å². The molecule has 0 saturated heterocycles. The van der Waals surface area contributed by atoms with Crippen molar-refractivity contribution in [3.05, 3.63) is 28.5 Å². The molecular formula is C10H12BrNO2. The Hall–Kier alpha value is -0.900. The minimum atomic E-state index is -0.228. The van der Waals surface area contributed by atoms with Gasteiger partial charge in [0.15, 0.2) is 0 Å². The summed E-state index contributed by atoms with van der Waals surface area (Å²) < 4.78 is 5.78. The molecule has 0 N–H and O–H groups in total. The highest BCUT2D eigenvalue weighted by Gasteiger charge is 1.96. The number of pyridine rings is 1. The van der Waals surface area contributed by atoms with Gasteiger partial charge < -0.3 is 4.74 Å². The van der Waals surface area contributed by atoms with Crippen molar-refractivity contribution in [2.24, 2.45) is 0 Å². The topological polar surface area (TPSA) is 39.2 Å². The Morgan fingerprint density at radius 3 is 2.93 bits per heavy atom. The number of nitrogens with zero attached hydrogens (tertiary/aromatic N) is 1. The lowest BCUT2D eigenvalue weighted by Gasteiger charge is -2.01. The molecule has 0 spiro atoms. The number of ether oxygens (including phenoxy) is 1. The van der Waals surface area contributed by atoms with Gasteiger partial charge in [-0.2, -0.15) is 0 Å². The SMILES string of the molecule is CC(=O)OCCCc1ccc(Br)cn1. The van der Waals surface area contributed by atoms with Gasteiger partial charge in [-0.3, -0.25) is 9.78 Å². The Labute approximate surface area is 91.6 Å². The van der Waals surface area contributed by atoms with Gasteiger partial charge in [0, 0.05) is 23.3 Å². The van der Waals surface area contributed by atoms with Crippen LogP contribution in [0.25, 0.3) is 0 Å². The van der Waals surface area contributed by atoms with Gasteiger partial charge >= 0.3 is 5.97 Å². The molecule has 0 fully saturated rings. The van der Waals surface area contributed by atoms with Gasteiger partial charge in [-0.25, -0.2) is 0 Å². The molecular weight excluding hydrogens is 246 g/mol. The molecule has 14 heavy (non-hydrogen) atoms. The van der Waals surface area contributed by atoms with Crippen molar-refractivity contribution >= 4 is 21.9 Å². The molecule has 4 heteroatoms. The Bertz CT molecular complexity index is 297. The van der Waals surface area contributed by atoms with Gasteiger partial charge in [0.05, 0.1) is 6.61 Å². The molecule has 1 rings (SSSR count). The van der Waals surface area contributed by atoms with Gasteiger partial charge in [-0.1, -0.05) is 0 Å². The highest BCUT2D eigenvalue weighted by Crippen LogP contribution is 2.08. The maximum atomic E-state index is 10.5.